The Hall–Kier alpha value is -4.43. The highest BCUT2D eigenvalue weighted by Crippen LogP contribution is 2.34. The summed E-state index contributed by atoms with van der Waals surface area (Å²) in [7, 11) is 0. The molecule has 0 saturated carbocycles. The maximum absolute atomic E-state index is 13.1. The molecule has 0 aliphatic heterocycles. The lowest BCUT2D eigenvalue weighted by atomic mass is 10.1. The fraction of sp³-hybridized carbons (Fsp3) is 0.0833. The van der Waals surface area contributed by atoms with Gasteiger partial charge in [-0.05, 0) is 48.5 Å². The number of nitrogens with zero attached hydrogens (tertiary/aromatic N) is 4. The minimum atomic E-state index is -5.08. The molecule has 0 spiro atoms. The van der Waals surface area contributed by atoms with Crippen molar-refractivity contribution >= 4 is 56.4 Å². The standard InChI is InChI=1S/C22H14ClFN6OS.C2HF3O2/c23-20-16-11-26-28-17(16)5-6-18(20)27-22-30-29-21(32-22)13-7-8-25-15(9-13)10-19(31)12-1-3-14(24)4-2-12;3-2(4,5)1(6)7/h1-9,11H,10H2,(H,26,28)(H,27,30);(H,6,7). The molecule has 0 aliphatic rings. The molecule has 9 nitrogen and oxygen atoms in total. The third-order valence-corrected chi connectivity index (χ3v) is 6.33. The van der Waals surface area contributed by atoms with Crippen LogP contribution in [-0.4, -0.2) is 48.4 Å². The molecular weight excluding hydrogens is 564 g/mol. The number of benzene rings is 2. The van der Waals surface area contributed by atoms with Gasteiger partial charge in [0.15, 0.2) is 5.78 Å². The number of hydrogen-bond acceptors (Lipinski definition) is 8. The average Bonchev–Trinajstić information content (AvgIpc) is 3.56. The molecule has 0 radical (unpaired) electrons. The number of anilines is 2. The van der Waals surface area contributed by atoms with Crippen molar-refractivity contribution in [3.63, 3.8) is 0 Å². The Bertz CT molecular complexity index is 1640. The quantitative estimate of drug-likeness (QED) is 0.163. The zero-order valence-electron chi connectivity index (χ0n) is 19.3. The van der Waals surface area contributed by atoms with Gasteiger partial charge in [-0.3, -0.25) is 14.9 Å². The molecule has 15 heteroatoms. The van der Waals surface area contributed by atoms with Crippen LogP contribution in [0.25, 0.3) is 21.5 Å². The molecule has 0 fully saturated rings. The molecule has 3 N–H and O–H groups in total. The molecule has 200 valence electrons. The number of pyridine rings is 1. The van der Waals surface area contributed by atoms with Gasteiger partial charge in [-0.15, -0.1) is 10.2 Å². The lowest BCUT2D eigenvalue weighted by molar-refractivity contribution is -0.192. The number of carboxylic acids is 1. The van der Waals surface area contributed by atoms with Crippen molar-refractivity contribution in [1.29, 1.82) is 0 Å². The minimum absolute atomic E-state index is 0.101. The summed E-state index contributed by atoms with van der Waals surface area (Å²) >= 11 is 7.81. The van der Waals surface area contributed by atoms with Crippen LogP contribution < -0.4 is 5.32 Å². The van der Waals surface area contributed by atoms with Crippen LogP contribution in [0, 0.1) is 5.82 Å². The number of ketones is 1. The Labute approximate surface area is 225 Å². The number of aromatic amines is 1. The molecule has 0 saturated heterocycles. The lowest BCUT2D eigenvalue weighted by Gasteiger charge is -2.05. The van der Waals surface area contributed by atoms with Crippen LogP contribution in [0.4, 0.5) is 28.4 Å². The van der Waals surface area contributed by atoms with E-state index in [2.05, 4.69) is 30.7 Å². The van der Waals surface area contributed by atoms with Crippen molar-refractivity contribution in [2.45, 2.75) is 12.6 Å². The van der Waals surface area contributed by atoms with E-state index in [4.69, 9.17) is 21.5 Å². The van der Waals surface area contributed by atoms with Gasteiger partial charge in [0.2, 0.25) is 5.13 Å². The van der Waals surface area contributed by atoms with Crippen molar-refractivity contribution in [3.05, 3.63) is 83.0 Å². The summed E-state index contributed by atoms with van der Waals surface area (Å²) in [4.78, 5) is 25.6. The molecule has 0 atom stereocenters. The van der Waals surface area contributed by atoms with Crippen molar-refractivity contribution < 1.29 is 32.3 Å². The van der Waals surface area contributed by atoms with Crippen molar-refractivity contribution in [2.75, 3.05) is 5.32 Å². The van der Waals surface area contributed by atoms with Gasteiger partial charge in [0.1, 0.15) is 10.8 Å². The Morgan fingerprint density at radius 3 is 2.49 bits per heavy atom. The number of fused-ring (bicyclic) bond motifs is 1. The van der Waals surface area contributed by atoms with E-state index in [0.717, 1.165) is 16.5 Å². The number of rotatable bonds is 6. The summed E-state index contributed by atoms with van der Waals surface area (Å²) in [5.41, 5.74) is 3.37. The number of Topliss-reactive ketones (excluding diaryl/α,β-unsaturated/α-hetero) is 1. The van der Waals surface area contributed by atoms with E-state index in [1.165, 1.54) is 35.6 Å². The zero-order chi connectivity index (χ0) is 28.2. The fourth-order valence-corrected chi connectivity index (χ4v) is 4.21. The molecule has 0 amide bonds. The van der Waals surface area contributed by atoms with Crippen molar-refractivity contribution in [3.8, 4) is 10.6 Å². The number of carbonyl (C=O) groups excluding carboxylic acids is 1. The van der Waals surface area contributed by atoms with Crippen molar-refractivity contribution in [2.24, 2.45) is 0 Å². The highest BCUT2D eigenvalue weighted by molar-refractivity contribution is 7.18. The van der Waals surface area contributed by atoms with Gasteiger partial charge >= 0.3 is 12.1 Å². The van der Waals surface area contributed by atoms with Crippen LogP contribution in [0.15, 0.2) is 60.9 Å². The Kier molecular flexibility index (Phi) is 8.16. The molecule has 3 aromatic heterocycles. The van der Waals surface area contributed by atoms with Gasteiger partial charge in [0, 0.05) is 28.4 Å². The molecular formula is C24H15ClF4N6O3S. The topological polar surface area (TPSA) is 134 Å². The predicted molar refractivity (Wildman–Crippen MR) is 136 cm³/mol. The maximum atomic E-state index is 13.1. The summed E-state index contributed by atoms with van der Waals surface area (Å²) < 4.78 is 44.8. The van der Waals surface area contributed by atoms with E-state index in [1.54, 1.807) is 24.5 Å². The third-order valence-electron chi connectivity index (χ3n) is 5.04. The van der Waals surface area contributed by atoms with E-state index in [0.29, 0.717) is 32.1 Å². The third kappa shape index (κ3) is 6.91. The highest BCUT2D eigenvalue weighted by Gasteiger charge is 2.38. The van der Waals surface area contributed by atoms with E-state index in [-0.39, 0.29) is 18.0 Å². The number of alkyl halides is 3. The SMILES string of the molecule is O=C(Cc1cc(-c2nnc(Nc3ccc4[nH]ncc4c3Cl)s2)ccn1)c1ccc(F)cc1.O=C(O)C(F)(F)F. The molecule has 0 bridgehead atoms. The lowest BCUT2D eigenvalue weighted by Crippen LogP contribution is -2.21. The summed E-state index contributed by atoms with van der Waals surface area (Å²) in [5.74, 6) is -3.28. The molecule has 0 unspecified atom stereocenters. The van der Waals surface area contributed by atoms with Gasteiger partial charge in [-0.25, -0.2) is 9.18 Å². The van der Waals surface area contributed by atoms with Crippen LogP contribution in [0.2, 0.25) is 5.02 Å². The maximum Gasteiger partial charge on any atom is 0.490 e. The first-order chi connectivity index (χ1) is 18.5. The molecule has 3 heterocycles. The number of H-pyrrole nitrogens is 1. The van der Waals surface area contributed by atoms with Gasteiger partial charge < -0.3 is 10.4 Å². The van der Waals surface area contributed by atoms with Gasteiger partial charge in [-0.2, -0.15) is 18.3 Å². The number of hydrogen-bond donors (Lipinski definition) is 3. The fourth-order valence-electron chi connectivity index (χ4n) is 3.20. The zero-order valence-corrected chi connectivity index (χ0v) is 20.9. The monoisotopic (exact) mass is 578 g/mol. The summed E-state index contributed by atoms with van der Waals surface area (Å²) in [6, 6.07) is 12.8. The summed E-state index contributed by atoms with van der Waals surface area (Å²) in [6.07, 6.45) is -1.69. The van der Waals surface area contributed by atoms with Crippen LogP contribution in [0.1, 0.15) is 16.1 Å². The smallest absolute Gasteiger partial charge is 0.475 e. The van der Waals surface area contributed by atoms with Gasteiger partial charge in [-0.1, -0.05) is 22.9 Å². The Balaban J connectivity index is 0.000000448. The van der Waals surface area contributed by atoms with Crippen LogP contribution in [-0.2, 0) is 11.2 Å². The summed E-state index contributed by atoms with van der Waals surface area (Å²) in [6.45, 7) is 0. The van der Waals surface area contributed by atoms with Crippen LogP contribution >= 0.6 is 22.9 Å². The number of carbonyl (C=O) groups is 2. The number of nitrogens with one attached hydrogen (secondary N) is 2. The molecule has 2 aromatic carbocycles. The Morgan fingerprint density at radius 1 is 1.08 bits per heavy atom. The second kappa shape index (κ2) is 11.5. The number of halogens is 5. The Morgan fingerprint density at radius 2 is 1.79 bits per heavy atom. The predicted octanol–water partition coefficient (Wildman–Crippen LogP) is 6.07. The van der Waals surface area contributed by atoms with Crippen LogP contribution in [0.3, 0.4) is 0 Å². The van der Waals surface area contributed by atoms with E-state index < -0.39 is 12.1 Å². The largest absolute Gasteiger partial charge is 0.490 e. The molecule has 5 aromatic rings. The first kappa shape index (κ1) is 27.6. The highest BCUT2D eigenvalue weighted by atomic mass is 35.5. The second-order valence-corrected chi connectivity index (χ2v) is 9.10. The minimum Gasteiger partial charge on any atom is -0.475 e. The van der Waals surface area contributed by atoms with Gasteiger partial charge in [0.05, 0.1) is 28.8 Å². The number of aliphatic carboxylic acids is 1. The second-order valence-electron chi connectivity index (χ2n) is 7.74. The first-order valence-electron chi connectivity index (χ1n) is 10.8. The van der Waals surface area contributed by atoms with E-state index in [9.17, 15) is 22.4 Å². The van der Waals surface area contributed by atoms with Crippen molar-refractivity contribution in [1.82, 2.24) is 25.4 Å². The van der Waals surface area contributed by atoms with E-state index >= 15 is 0 Å². The normalized spacial score (nSPS) is 11.1. The van der Waals surface area contributed by atoms with E-state index in [1.807, 2.05) is 12.1 Å². The molecule has 5 rings (SSSR count). The summed E-state index contributed by atoms with van der Waals surface area (Å²) in [5, 5.41) is 28.2. The number of carboxylic acid groups (broad SMARTS) is 1. The van der Waals surface area contributed by atoms with Crippen LogP contribution in [0.5, 0.6) is 0 Å². The number of aromatic nitrogens is 5. The van der Waals surface area contributed by atoms with Gasteiger partial charge in [0.25, 0.3) is 0 Å². The first-order valence-corrected chi connectivity index (χ1v) is 12.0. The molecule has 39 heavy (non-hydrogen) atoms. The average molecular weight is 579 g/mol. The molecule has 0 aliphatic carbocycles.